The molecule has 0 aromatic heterocycles. The number of amides is 1. The molecule has 0 saturated carbocycles. The largest absolute Gasteiger partial charge is 0.497 e. The Balaban J connectivity index is 1.63. The van der Waals surface area contributed by atoms with Crippen molar-refractivity contribution in [1.82, 2.24) is 4.90 Å². The van der Waals surface area contributed by atoms with Crippen LogP contribution in [0.5, 0.6) is 11.5 Å². The van der Waals surface area contributed by atoms with Gasteiger partial charge in [-0.15, -0.1) is 10.1 Å². The lowest BCUT2D eigenvalue weighted by Crippen LogP contribution is -2.55. The van der Waals surface area contributed by atoms with Crippen molar-refractivity contribution < 1.29 is 47.9 Å². The van der Waals surface area contributed by atoms with Crippen molar-refractivity contribution in [2.75, 3.05) is 78.8 Å². The van der Waals surface area contributed by atoms with E-state index >= 15 is 0 Å². The average Bonchev–Trinajstić information content (AvgIpc) is 3.05. The molecule has 4 rings (SSSR count). The summed E-state index contributed by atoms with van der Waals surface area (Å²) < 4.78 is 40.5. The fourth-order valence-corrected chi connectivity index (χ4v) is 5.91. The Morgan fingerprint density at radius 1 is 1.02 bits per heavy atom. The van der Waals surface area contributed by atoms with Gasteiger partial charge in [-0.25, -0.2) is 4.79 Å². The first kappa shape index (κ1) is 37.0. The Kier molecular flexibility index (Phi) is 13.5. The Hall–Kier alpha value is -3.85. The third-order valence-electron chi connectivity index (χ3n) is 8.06. The van der Waals surface area contributed by atoms with Crippen molar-refractivity contribution in [3.05, 3.63) is 63.7 Å². The molecule has 0 radical (unpaired) electrons. The van der Waals surface area contributed by atoms with Gasteiger partial charge in [0.25, 0.3) is 5.09 Å². The number of carbonyl (C=O) groups excluding carboxylic acids is 1. The summed E-state index contributed by atoms with van der Waals surface area (Å²) in [6, 6.07) is 13.6. The highest BCUT2D eigenvalue weighted by molar-refractivity contribution is 5.68. The summed E-state index contributed by atoms with van der Waals surface area (Å²) in [5, 5.41) is 10.3. The number of fused-ring (bicyclic) bond motifs is 1. The molecule has 1 amide bonds. The lowest BCUT2D eigenvalue weighted by molar-refractivity contribution is -0.769. The molecule has 14 nitrogen and oxygen atoms in total. The first-order valence-electron chi connectivity index (χ1n) is 16.2. The molecule has 266 valence electrons. The molecule has 2 heterocycles. The Morgan fingerprint density at radius 2 is 1.75 bits per heavy atom. The van der Waals surface area contributed by atoms with Crippen LogP contribution in [-0.4, -0.2) is 114 Å². The zero-order valence-corrected chi connectivity index (χ0v) is 28.8. The molecule has 4 atom stereocenters. The lowest BCUT2D eigenvalue weighted by atomic mass is 9.84. The molecule has 2 aliphatic heterocycles. The molecular weight excluding hydrogens is 626 g/mol. The van der Waals surface area contributed by atoms with Crippen LogP contribution in [0.3, 0.4) is 0 Å². The number of ether oxygens (including phenoxy) is 7. The van der Waals surface area contributed by atoms with Crippen LogP contribution in [0.2, 0.25) is 0 Å². The van der Waals surface area contributed by atoms with Gasteiger partial charge in [-0.2, -0.15) is 0 Å². The summed E-state index contributed by atoms with van der Waals surface area (Å²) in [6.07, 6.45) is -1.75. The van der Waals surface area contributed by atoms with E-state index in [1.54, 1.807) is 39.9 Å². The van der Waals surface area contributed by atoms with Gasteiger partial charge in [0, 0.05) is 33.3 Å². The normalized spacial score (nSPS) is 20.0. The Morgan fingerprint density at radius 3 is 2.40 bits per heavy atom. The van der Waals surface area contributed by atoms with Crippen LogP contribution in [0.25, 0.3) is 0 Å². The van der Waals surface area contributed by atoms with Gasteiger partial charge in [0.05, 0.1) is 64.5 Å². The molecule has 2 aromatic carbocycles. The fourth-order valence-electron chi connectivity index (χ4n) is 5.91. The fraction of sp³-hybridized carbons (Fsp3) is 0.618. The monoisotopic (exact) mass is 675 g/mol. The second-order valence-electron chi connectivity index (χ2n) is 12.8. The van der Waals surface area contributed by atoms with Gasteiger partial charge >= 0.3 is 6.09 Å². The van der Waals surface area contributed by atoms with Crippen molar-refractivity contribution >= 4 is 11.8 Å². The molecule has 1 fully saturated rings. The summed E-state index contributed by atoms with van der Waals surface area (Å²) in [6.45, 7) is 8.76. The third kappa shape index (κ3) is 10.6. The van der Waals surface area contributed by atoms with E-state index in [1.807, 2.05) is 36.4 Å². The number of benzene rings is 2. The van der Waals surface area contributed by atoms with Gasteiger partial charge in [-0.05, 0) is 62.6 Å². The maximum absolute atomic E-state index is 13.4. The summed E-state index contributed by atoms with van der Waals surface area (Å²) in [7, 11) is 4.72. The van der Waals surface area contributed by atoms with Crippen LogP contribution in [0.15, 0.2) is 42.5 Å². The Bertz CT molecular complexity index is 1320. The van der Waals surface area contributed by atoms with E-state index in [0.29, 0.717) is 19.0 Å². The molecule has 2 aliphatic rings. The second kappa shape index (κ2) is 17.5. The highest BCUT2D eigenvalue weighted by atomic mass is 17.0. The van der Waals surface area contributed by atoms with Crippen molar-refractivity contribution in [2.45, 2.75) is 63.6 Å². The number of rotatable bonds is 16. The van der Waals surface area contributed by atoms with Crippen LogP contribution in [0, 0.1) is 10.1 Å². The van der Waals surface area contributed by atoms with Crippen molar-refractivity contribution in [3.8, 4) is 11.5 Å². The first-order valence-corrected chi connectivity index (χ1v) is 16.2. The number of piperidine rings is 1. The number of carbonyl (C=O) groups is 1. The van der Waals surface area contributed by atoms with Gasteiger partial charge in [-0.3, -0.25) is 0 Å². The van der Waals surface area contributed by atoms with E-state index in [9.17, 15) is 14.9 Å². The molecule has 0 unspecified atom stereocenters. The summed E-state index contributed by atoms with van der Waals surface area (Å²) in [5.41, 5.74) is 2.12. The van der Waals surface area contributed by atoms with Gasteiger partial charge in [0.2, 0.25) is 0 Å². The lowest BCUT2D eigenvalue weighted by Gasteiger charge is -2.44. The number of hydrogen-bond donors (Lipinski definition) is 0. The van der Waals surface area contributed by atoms with Crippen molar-refractivity contribution in [3.63, 3.8) is 0 Å². The summed E-state index contributed by atoms with van der Waals surface area (Å²) >= 11 is 0. The number of anilines is 1. The van der Waals surface area contributed by atoms with E-state index in [-0.39, 0.29) is 38.8 Å². The average molecular weight is 676 g/mol. The molecule has 2 aromatic rings. The molecule has 0 N–H and O–H groups in total. The number of likely N-dealkylation sites (tertiary alicyclic amines) is 1. The minimum Gasteiger partial charge on any atom is -0.497 e. The number of hydrogen-bond acceptors (Lipinski definition) is 12. The molecule has 1 saturated heterocycles. The van der Waals surface area contributed by atoms with Crippen LogP contribution in [-0.2, 0) is 35.1 Å². The van der Waals surface area contributed by atoms with E-state index in [1.165, 1.54) is 7.11 Å². The summed E-state index contributed by atoms with van der Waals surface area (Å²) in [5.74, 6) is 1.15. The van der Waals surface area contributed by atoms with Gasteiger partial charge < -0.3 is 47.8 Å². The smallest absolute Gasteiger partial charge is 0.410 e. The minimum absolute atomic E-state index is 0.0544. The van der Waals surface area contributed by atoms with Crippen LogP contribution in [0.4, 0.5) is 10.5 Å². The third-order valence-corrected chi connectivity index (χ3v) is 8.06. The molecule has 14 heteroatoms. The summed E-state index contributed by atoms with van der Waals surface area (Å²) in [4.78, 5) is 33.2. The predicted octanol–water partition coefficient (Wildman–Crippen LogP) is 4.46. The van der Waals surface area contributed by atoms with E-state index in [4.69, 9.17) is 38.0 Å². The maximum atomic E-state index is 13.4. The topological polar surface area (TPSA) is 141 Å². The van der Waals surface area contributed by atoms with Crippen molar-refractivity contribution in [2.24, 2.45) is 0 Å². The SMILES string of the molecule is COCCCN1CCOc2ccc(CO[C@H]3CN(C(=O)OC(C)(C)C)C[C@@H](OC[C@H](COC)O[N+](=O)[O-])[C@@H]3c3ccc(OC)cc3)cc21. The van der Waals surface area contributed by atoms with Gasteiger partial charge in [0.1, 0.15) is 23.7 Å². The van der Waals surface area contributed by atoms with Gasteiger partial charge in [0.15, 0.2) is 6.10 Å². The number of nitrogens with zero attached hydrogens (tertiary/aromatic N) is 3. The predicted molar refractivity (Wildman–Crippen MR) is 176 cm³/mol. The van der Waals surface area contributed by atoms with Crippen LogP contribution < -0.4 is 14.4 Å². The highest BCUT2D eigenvalue weighted by Gasteiger charge is 2.42. The maximum Gasteiger partial charge on any atom is 0.410 e. The standard InChI is InChI=1S/C34H49N3O11/c1-34(2,3)47-33(38)36-19-30(45-21-24-8-13-29-28(18-24)35(15-17-44-29)14-7-16-41-4)32(25-9-11-26(43-6)12-10-25)31(20-36)46-23-27(22-42-5)48-37(39)40/h8-13,18,27,30-32H,7,14-17,19-23H2,1-6H3/t27-,30-,31+,32+/m0/s1. The first-order chi connectivity index (χ1) is 23.0. The van der Waals surface area contributed by atoms with E-state index in [0.717, 1.165) is 42.1 Å². The number of methoxy groups -OCH3 is 3. The van der Waals surface area contributed by atoms with E-state index in [2.05, 4.69) is 11.0 Å². The minimum atomic E-state index is -0.970. The van der Waals surface area contributed by atoms with E-state index < -0.39 is 35.1 Å². The zero-order chi connectivity index (χ0) is 34.7. The zero-order valence-electron chi connectivity index (χ0n) is 28.8. The molecule has 0 aliphatic carbocycles. The van der Waals surface area contributed by atoms with Gasteiger partial charge in [-0.1, -0.05) is 18.2 Å². The second-order valence-corrected chi connectivity index (χ2v) is 12.8. The van der Waals surface area contributed by atoms with Crippen molar-refractivity contribution in [1.29, 1.82) is 0 Å². The molecular formula is C34H49N3O11. The van der Waals surface area contributed by atoms with Crippen LogP contribution >= 0.6 is 0 Å². The Labute approximate surface area is 282 Å². The van der Waals surface area contributed by atoms with Crippen LogP contribution in [0.1, 0.15) is 44.2 Å². The molecule has 0 spiro atoms. The molecule has 0 bridgehead atoms. The molecule has 48 heavy (non-hydrogen) atoms. The highest BCUT2D eigenvalue weighted by Crippen LogP contribution is 2.37. The quantitative estimate of drug-likeness (QED) is 0.141.